The van der Waals surface area contributed by atoms with Crippen molar-refractivity contribution in [1.29, 1.82) is 0 Å². The van der Waals surface area contributed by atoms with Crippen LogP contribution >= 0.6 is 24.0 Å². The van der Waals surface area contributed by atoms with E-state index >= 15 is 0 Å². The summed E-state index contributed by atoms with van der Waals surface area (Å²) in [5, 5.41) is 17.6. The number of carboxylic acids is 1. The highest BCUT2D eigenvalue weighted by atomic mass is 35.5. The van der Waals surface area contributed by atoms with Crippen LogP contribution in [0.1, 0.15) is 29.2 Å². The van der Waals surface area contributed by atoms with Gasteiger partial charge < -0.3 is 20.1 Å². The summed E-state index contributed by atoms with van der Waals surface area (Å²) in [7, 11) is 0. The second kappa shape index (κ2) is 10.8. The molecule has 2 N–H and O–H groups in total. The second-order valence-electron chi connectivity index (χ2n) is 9.29. The summed E-state index contributed by atoms with van der Waals surface area (Å²) >= 11 is 6.63. The summed E-state index contributed by atoms with van der Waals surface area (Å²) < 4.78 is 23.0. The smallest absolute Gasteiger partial charge is 0.341 e. The van der Waals surface area contributed by atoms with Gasteiger partial charge in [-0.25, -0.2) is 19.2 Å². The van der Waals surface area contributed by atoms with Crippen LogP contribution in [0.15, 0.2) is 47.8 Å². The average Bonchev–Trinajstić information content (AvgIpc) is 3.52. The molecule has 14 heteroatoms. The van der Waals surface area contributed by atoms with E-state index in [0.29, 0.717) is 18.1 Å². The molecule has 0 bridgehead atoms. The van der Waals surface area contributed by atoms with Crippen molar-refractivity contribution in [2.24, 2.45) is 0 Å². The molecule has 6 heterocycles. The van der Waals surface area contributed by atoms with E-state index in [9.17, 15) is 19.1 Å². The molecule has 0 radical (unpaired) electrons. The van der Waals surface area contributed by atoms with Crippen molar-refractivity contribution in [2.45, 2.75) is 24.9 Å². The van der Waals surface area contributed by atoms with Crippen molar-refractivity contribution in [2.75, 3.05) is 31.1 Å². The number of hydrogen-bond donors (Lipinski definition) is 2. The first kappa shape index (κ1) is 26.9. The van der Waals surface area contributed by atoms with Crippen LogP contribution in [0.25, 0.3) is 16.7 Å². The number of nitrogens with zero attached hydrogens (tertiary/aromatic N) is 6. The quantitative estimate of drug-likeness (QED) is 0.341. The zero-order valence-electron chi connectivity index (χ0n) is 20.5. The van der Waals surface area contributed by atoms with Crippen LogP contribution in [0.5, 0.6) is 5.88 Å². The van der Waals surface area contributed by atoms with E-state index in [1.54, 1.807) is 21.6 Å². The van der Waals surface area contributed by atoms with Gasteiger partial charge in [0.05, 0.1) is 34.4 Å². The van der Waals surface area contributed by atoms with Gasteiger partial charge in [-0.1, -0.05) is 11.6 Å². The number of carboxylic acid groups (broad SMARTS) is 1. The Kier molecular flexibility index (Phi) is 7.43. The number of hydrogen-bond acceptors (Lipinski definition) is 8. The molecule has 2 aliphatic rings. The zero-order chi connectivity index (χ0) is 26.4. The first-order valence-electron chi connectivity index (χ1n) is 12.1. The lowest BCUT2D eigenvalue weighted by atomic mass is 10.1. The molecule has 6 rings (SSSR count). The molecular weight excluding hydrogens is 552 g/mol. The third-order valence-corrected chi connectivity index (χ3v) is 7.21. The van der Waals surface area contributed by atoms with Gasteiger partial charge in [0.15, 0.2) is 11.5 Å². The number of nitrogens with one attached hydrogen (secondary N) is 1. The first-order chi connectivity index (χ1) is 18.4. The number of fused-ring (bicyclic) bond motifs is 1. The molecule has 0 amide bonds. The molecule has 4 aromatic rings. The Balaban J connectivity index is 0.00000308. The summed E-state index contributed by atoms with van der Waals surface area (Å²) in [5.41, 5.74) is -0.247. The van der Waals surface area contributed by atoms with Gasteiger partial charge in [-0.2, -0.15) is 5.10 Å². The van der Waals surface area contributed by atoms with Crippen molar-refractivity contribution in [3.05, 3.63) is 69.6 Å². The van der Waals surface area contributed by atoms with E-state index in [-0.39, 0.29) is 53.0 Å². The van der Waals surface area contributed by atoms with Crippen molar-refractivity contribution >= 4 is 46.8 Å². The van der Waals surface area contributed by atoms with Crippen LogP contribution in [0, 0.1) is 5.82 Å². The molecule has 4 aromatic heterocycles. The zero-order valence-corrected chi connectivity index (χ0v) is 22.0. The lowest BCUT2D eigenvalue weighted by molar-refractivity contribution is 0.0695. The number of halogens is 3. The Morgan fingerprint density at radius 1 is 1.31 bits per heavy atom. The van der Waals surface area contributed by atoms with Crippen LogP contribution in [0.4, 0.5) is 10.2 Å². The highest BCUT2D eigenvalue weighted by Gasteiger charge is 2.30. The molecule has 39 heavy (non-hydrogen) atoms. The van der Waals surface area contributed by atoms with Crippen molar-refractivity contribution in [1.82, 2.24) is 29.6 Å². The highest BCUT2D eigenvalue weighted by molar-refractivity contribution is 6.33. The molecule has 2 aliphatic heterocycles. The lowest BCUT2D eigenvalue weighted by Gasteiger charge is -2.27. The maximum absolute atomic E-state index is 14.0. The number of aromatic carboxylic acids is 1. The van der Waals surface area contributed by atoms with E-state index in [1.807, 2.05) is 4.90 Å². The van der Waals surface area contributed by atoms with Crippen molar-refractivity contribution in [3.8, 4) is 11.6 Å². The minimum absolute atomic E-state index is 0. The van der Waals surface area contributed by atoms with Gasteiger partial charge in [0, 0.05) is 38.2 Å². The Hall–Kier alpha value is -3.74. The van der Waals surface area contributed by atoms with Gasteiger partial charge in [0.25, 0.3) is 0 Å². The molecule has 2 saturated heterocycles. The highest BCUT2D eigenvalue weighted by Crippen LogP contribution is 2.33. The van der Waals surface area contributed by atoms with Crippen molar-refractivity contribution in [3.63, 3.8) is 0 Å². The Bertz CT molecular complexity index is 1610. The van der Waals surface area contributed by atoms with Crippen molar-refractivity contribution < 1.29 is 19.0 Å². The summed E-state index contributed by atoms with van der Waals surface area (Å²) in [5.74, 6) is -1.54. The van der Waals surface area contributed by atoms with Gasteiger partial charge in [-0.15, -0.1) is 12.4 Å². The van der Waals surface area contributed by atoms with E-state index in [0.717, 1.165) is 25.9 Å². The largest absolute Gasteiger partial charge is 0.477 e. The topological polar surface area (TPSA) is 127 Å². The first-order valence-corrected chi connectivity index (χ1v) is 12.5. The van der Waals surface area contributed by atoms with E-state index in [1.165, 1.54) is 30.6 Å². The van der Waals surface area contributed by atoms with Crippen LogP contribution in [-0.2, 0) is 0 Å². The van der Waals surface area contributed by atoms with Gasteiger partial charge in [-0.05, 0) is 31.0 Å². The fourth-order valence-corrected chi connectivity index (χ4v) is 5.08. The minimum atomic E-state index is -1.35. The standard InChI is InChI=1S/C25H23ClFN7O4.ClH/c26-19-7-17-21(35)18(25(36)37)12-33(16-10-30-34(11-16)15-8-28-9-15)22(17)31-23(19)32-6-2-3-14(32)13-38-24-20(27)4-1-5-29-24;/h1,4-5,7,10-12,14-15,28H,2-3,6,8-9,13H2,(H,36,37);1H/t14-;/m1./s1. The number of anilines is 1. The van der Waals surface area contributed by atoms with Crippen LogP contribution in [0.2, 0.25) is 5.02 Å². The molecule has 204 valence electrons. The van der Waals surface area contributed by atoms with Gasteiger partial charge in [0.2, 0.25) is 11.3 Å². The second-order valence-corrected chi connectivity index (χ2v) is 9.70. The van der Waals surface area contributed by atoms with Crippen LogP contribution < -0.4 is 20.4 Å². The number of carbonyl (C=O) groups is 1. The summed E-state index contributed by atoms with van der Waals surface area (Å²) in [6.07, 6.45) is 7.73. The number of ether oxygens (including phenoxy) is 1. The molecule has 2 fully saturated rings. The predicted molar refractivity (Wildman–Crippen MR) is 144 cm³/mol. The molecule has 0 aliphatic carbocycles. The Labute approximate surface area is 232 Å². The molecule has 1 atom stereocenters. The fourth-order valence-electron chi connectivity index (χ4n) is 4.82. The molecule has 11 nitrogen and oxygen atoms in total. The maximum Gasteiger partial charge on any atom is 0.341 e. The Morgan fingerprint density at radius 2 is 2.13 bits per heavy atom. The van der Waals surface area contributed by atoms with E-state index < -0.39 is 22.8 Å². The molecule has 0 aromatic carbocycles. The van der Waals surface area contributed by atoms with Gasteiger partial charge in [-0.3, -0.25) is 14.0 Å². The third kappa shape index (κ3) is 4.90. The average molecular weight is 576 g/mol. The fraction of sp³-hybridized carbons (Fsp3) is 0.320. The number of pyridine rings is 3. The summed E-state index contributed by atoms with van der Waals surface area (Å²) in [4.78, 5) is 35.6. The molecule has 0 unspecified atom stereocenters. The molecule has 0 spiro atoms. The van der Waals surface area contributed by atoms with Crippen LogP contribution in [-0.4, -0.2) is 67.7 Å². The maximum atomic E-state index is 14.0. The van der Waals surface area contributed by atoms with Crippen LogP contribution in [0.3, 0.4) is 0 Å². The predicted octanol–water partition coefficient (Wildman–Crippen LogP) is 3.08. The monoisotopic (exact) mass is 575 g/mol. The van der Waals surface area contributed by atoms with Gasteiger partial charge >= 0.3 is 5.97 Å². The number of aromatic nitrogens is 5. The third-order valence-electron chi connectivity index (χ3n) is 6.93. The Morgan fingerprint density at radius 3 is 2.85 bits per heavy atom. The minimum Gasteiger partial charge on any atom is -0.477 e. The SMILES string of the molecule is Cl.O=C(O)c1cn(-c2cnn(C3CNC3)c2)c2nc(N3CCC[C@@H]3COc3ncccc3F)c(Cl)cc2c1=O. The van der Waals surface area contributed by atoms with Gasteiger partial charge in [0.1, 0.15) is 18.0 Å². The molecule has 0 saturated carbocycles. The van der Waals surface area contributed by atoms with E-state index in [2.05, 4.69) is 15.4 Å². The number of rotatable bonds is 7. The molecular formula is C25H24Cl2FN7O4. The normalized spacial score (nSPS) is 17.2. The lowest BCUT2D eigenvalue weighted by Crippen LogP contribution is -2.43. The summed E-state index contributed by atoms with van der Waals surface area (Å²) in [6.45, 7) is 2.36. The summed E-state index contributed by atoms with van der Waals surface area (Å²) in [6, 6.07) is 4.27. The van der Waals surface area contributed by atoms with E-state index in [4.69, 9.17) is 21.3 Å².